The summed E-state index contributed by atoms with van der Waals surface area (Å²) in [6, 6.07) is 15.5. The molecule has 0 bridgehead atoms. The Morgan fingerprint density at radius 1 is 1.04 bits per heavy atom. The maximum atomic E-state index is 12.9. The van der Waals surface area contributed by atoms with Crippen LogP contribution in [0.5, 0.6) is 0 Å². The molecule has 0 fully saturated rings. The number of carboxylic acid groups (broad SMARTS) is 1. The van der Waals surface area contributed by atoms with E-state index in [1.165, 1.54) is 18.3 Å². The van der Waals surface area contributed by atoms with Gasteiger partial charge in [-0.1, -0.05) is 42.5 Å². The molecule has 4 rings (SSSR count). The molecule has 1 heterocycles. The number of rotatable bonds is 5. The van der Waals surface area contributed by atoms with E-state index in [0.29, 0.717) is 12.0 Å². The van der Waals surface area contributed by atoms with Gasteiger partial charge in [-0.3, -0.25) is 9.71 Å². The first-order chi connectivity index (χ1) is 13.4. The molecule has 28 heavy (non-hydrogen) atoms. The number of carbonyl (C=O) groups is 1. The van der Waals surface area contributed by atoms with Gasteiger partial charge in [0.25, 0.3) is 10.0 Å². The Morgan fingerprint density at radius 2 is 1.82 bits per heavy atom. The van der Waals surface area contributed by atoms with Gasteiger partial charge in [-0.05, 0) is 47.4 Å². The Labute approximate surface area is 162 Å². The molecule has 0 radical (unpaired) electrons. The number of nitrogens with zero attached hydrogens (tertiary/aromatic N) is 1. The van der Waals surface area contributed by atoms with Crippen LogP contribution in [0.4, 0.5) is 5.69 Å². The zero-order valence-corrected chi connectivity index (χ0v) is 15.5. The second-order valence-corrected chi connectivity index (χ2v) is 8.04. The van der Waals surface area contributed by atoms with E-state index in [2.05, 4.69) is 9.71 Å². The molecule has 0 saturated heterocycles. The molecule has 1 aliphatic carbocycles. The topological polar surface area (TPSA) is 96.4 Å². The zero-order chi connectivity index (χ0) is 19.7. The number of pyridine rings is 1. The molecule has 0 spiro atoms. The molecule has 6 nitrogen and oxygen atoms in total. The Morgan fingerprint density at radius 3 is 2.57 bits per heavy atom. The molecule has 0 atom stereocenters. The van der Waals surface area contributed by atoms with Gasteiger partial charge in [-0.25, -0.2) is 13.2 Å². The van der Waals surface area contributed by atoms with E-state index in [0.717, 1.165) is 16.8 Å². The molecule has 1 aromatic heterocycles. The summed E-state index contributed by atoms with van der Waals surface area (Å²) < 4.78 is 28.1. The molecule has 0 unspecified atom stereocenters. The smallest absolute Gasteiger partial charge is 0.337 e. The number of allylic oxidation sites excluding steroid dienone is 1. The van der Waals surface area contributed by atoms with Crippen molar-refractivity contribution in [2.75, 3.05) is 4.72 Å². The first-order valence-electron chi connectivity index (χ1n) is 8.55. The number of fused-ring (bicyclic) bond motifs is 1. The van der Waals surface area contributed by atoms with Crippen molar-refractivity contribution in [1.29, 1.82) is 0 Å². The minimum atomic E-state index is -3.99. The van der Waals surface area contributed by atoms with Crippen LogP contribution < -0.4 is 4.72 Å². The molecule has 1 aliphatic rings. The fourth-order valence-corrected chi connectivity index (χ4v) is 4.15. The molecule has 0 aliphatic heterocycles. The predicted octanol–water partition coefficient (Wildman–Crippen LogP) is 3.82. The Kier molecular flexibility index (Phi) is 4.44. The van der Waals surface area contributed by atoms with E-state index >= 15 is 0 Å². The summed E-state index contributed by atoms with van der Waals surface area (Å²) in [7, 11) is -3.99. The van der Waals surface area contributed by atoms with Crippen LogP contribution in [0.2, 0.25) is 0 Å². The lowest BCUT2D eigenvalue weighted by Gasteiger charge is -2.13. The van der Waals surface area contributed by atoms with Crippen molar-refractivity contribution < 1.29 is 18.3 Å². The summed E-state index contributed by atoms with van der Waals surface area (Å²) in [4.78, 5) is 15.8. The number of aromatic carboxylic acids is 1. The minimum Gasteiger partial charge on any atom is -0.478 e. The van der Waals surface area contributed by atoms with Gasteiger partial charge in [-0.15, -0.1) is 0 Å². The van der Waals surface area contributed by atoms with Crippen molar-refractivity contribution >= 4 is 27.8 Å². The van der Waals surface area contributed by atoms with E-state index < -0.39 is 16.0 Å². The fourth-order valence-electron chi connectivity index (χ4n) is 3.09. The molecule has 140 valence electrons. The SMILES string of the molecule is O=C(O)c1ccc(-c2ccccc2)cc1NS(=O)(=O)c1cnc2c(c1)CC=C2. The monoisotopic (exact) mass is 392 g/mol. The highest BCUT2D eigenvalue weighted by atomic mass is 32.2. The molecule has 2 aromatic carbocycles. The normalized spacial score (nSPS) is 12.6. The van der Waals surface area contributed by atoms with Crippen LogP contribution in [-0.4, -0.2) is 24.5 Å². The molecule has 7 heteroatoms. The number of nitrogens with one attached hydrogen (secondary N) is 1. The number of sulfonamides is 1. The highest BCUT2D eigenvalue weighted by Crippen LogP contribution is 2.28. The molecule has 0 amide bonds. The van der Waals surface area contributed by atoms with Crippen molar-refractivity contribution in [2.24, 2.45) is 0 Å². The van der Waals surface area contributed by atoms with Gasteiger partial charge in [0.2, 0.25) is 0 Å². The lowest BCUT2D eigenvalue weighted by Crippen LogP contribution is -2.16. The first-order valence-corrected chi connectivity index (χ1v) is 10.0. The second kappa shape index (κ2) is 6.94. The van der Waals surface area contributed by atoms with E-state index in [4.69, 9.17) is 0 Å². The molecular formula is C21H16N2O4S. The highest BCUT2D eigenvalue weighted by Gasteiger charge is 2.21. The summed E-state index contributed by atoms with van der Waals surface area (Å²) in [5, 5.41) is 9.47. The van der Waals surface area contributed by atoms with Crippen LogP contribution in [-0.2, 0) is 16.4 Å². The number of aromatic nitrogens is 1. The van der Waals surface area contributed by atoms with Gasteiger partial charge >= 0.3 is 5.97 Å². The maximum absolute atomic E-state index is 12.9. The summed E-state index contributed by atoms with van der Waals surface area (Å²) in [5.41, 5.74) is 3.01. The maximum Gasteiger partial charge on any atom is 0.337 e. The van der Waals surface area contributed by atoms with Crippen molar-refractivity contribution in [3.63, 3.8) is 0 Å². The van der Waals surface area contributed by atoms with Crippen molar-refractivity contribution in [1.82, 2.24) is 4.98 Å². The van der Waals surface area contributed by atoms with Gasteiger partial charge in [-0.2, -0.15) is 0 Å². The van der Waals surface area contributed by atoms with Crippen molar-refractivity contribution in [3.05, 3.63) is 83.7 Å². The van der Waals surface area contributed by atoms with Crippen LogP contribution >= 0.6 is 0 Å². The van der Waals surface area contributed by atoms with Crippen molar-refractivity contribution in [3.8, 4) is 11.1 Å². The summed E-state index contributed by atoms with van der Waals surface area (Å²) in [6.07, 6.45) is 5.65. The Balaban J connectivity index is 1.74. The molecule has 2 N–H and O–H groups in total. The third-order valence-electron chi connectivity index (χ3n) is 4.50. The Bertz CT molecular complexity index is 1200. The number of hydrogen-bond acceptors (Lipinski definition) is 4. The van der Waals surface area contributed by atoms with Gasteiger partial charge < -0.3 is 5.11 Å². The standard InChI is InChI=1S/C21H16N2O4S/c24-21(25)18-10-9-15(14-5-2-1-3-6-14)12-20(18)23-28(26,27)17-11-16-7-4-8-19(16)22-13-17/h1-6,8-13,23H,7H2,(H,24,25). The molecule has 3 aromatic rings. The van der Waals surface area contributed by atoms with Gasteiger partial charge in [0.1, 0.15) is 4.90 Å². The minimum absolute atomic E-state index is 0.00333. The predicted molar refractivity (Wildman–Crippen MR) is 107 cm³/mol. The molecule has 0 saturated carbocycles. The van der Waals surface area contributed by atoms with Crippen molar-refractivity contribution in [2.45, 2.75) is 11.3 Å². The van der Waals surface area contributed by atoms with E-state index in [9.17, 15) is 18.3 Å². The second-order valence-electron chi connectivity index (χ2n) is 6.36. The molecular weight excluding hydrogens is 376 g/mol. The van der Waals surface area contributed by atoms with Gasteiger partial charge in [0.15, 0.2) is 0 Å². The highest BCUT2D eigenvalue weighted by molar-refractivity contribution is 7.92. The average molecular weight is 392 g/mol. The summed E-state index contributed by atoms with van der Waals surface area (Å²) in [5.74, 6) is -1.21. The van der Waals surface area contributed by atoms with Crippen LogP contribution in [0.25, 0.3) is 17.2 Å². The lowest BCUT2D eigenvalue weighted by molar-refractivity contribution is 0.0698. The quantitative estimate of drug-likeness (QED) is 0.688. The fraction of sp³-hybridized carbons (Fsp3) is 0.0476. The third kappa shape index (κ3) is 3.39. The largest absolute Gasteiger partial charge is 0.478 e. The van der Waals surface area contributed by atoms with Crippen LogP contribution in [0.15, 0.2) is 71.8 Å². The Hall–Kier alpha value is -3.45. The van der Waals surface area contributed by atoms with E-state index in [-0.39, 0.29) is 16.1 Å². The van der Waals surface area contributed by atoms with Crippen LogP contribution in [0.3, 0.4) is 0 Å². The summed E-state index contributed by atoms with van der Waals surface area (Å²) in [6.45, 7) is 0. The lowest BCUT2D eigenvalue weighted by atomic mass is 10.0. The number of hydrogen-bond donors (Lipinski definition) is 2. The first kappa shape index (κ1) is 17.9. The summed E-state index contributed by atoms with van der Waals surface area (Å²) >= 11 is 0. The van der Waals surface area contributed by atoms with E-state index in [1.807, 2.05) is 42.5 Å². The number of benzene rings is 2. The third-order valence-corrected chi connectivity index (χ3v) is 5.83. The van der Waals surface area contributed by atoms with Gasteiger partial charge in [0.05, 0.1) is 16.9 Å². The van der Waals surface area contributed by atoms with E-state index in [1.54, 1.807) is 12.1 Å². The van der Waals surface area contributed by atoms with Crippen LogP contribution in [0.1, 0.15) is 21.6 Å². The van der Waals surface area contributed by atoms with Crippen LogP contribution in [0, 0.1) is 0 Å². The average Bonchev–Trinajstić information content (AvgIpc) is 3.16. The number of anilines is 1. The zero-order valence-electron chi connectivity index (χ0n) is 14.7. The number of carboxylic acids is 1. The van der Waals surface area contributed by atoms with Gasteiger partial charge in [0, 0.05) is 6.20 Å².